The fourth-order valence-corrected chi connectivity index (χ4v) is 1.11. The van der Waals surface area contributed by atoms with Gasteiger partial charge in [-0.1, -0.05) is 0 Å². The monoisotopic (exact) mass is 204 g/mol. The summed E-state index contributed by atoms with van der Waals surface area (Å²) >= 11 is 0. The summed E-state index contributed by atoms with van der Waals surface area (Å²) in [6, 6.07) is 0. The number of hydrogen-bond donors (Lipinski definition) is 0. The van der Waals surface area contributed by atoms with Crippen LogP contribution in [-0.2, 0) is 6.54 Å². The van der Waals surface area contributed by atoms with Gasteiger partial charge in [-0.15, -0.1) is 0 Å². The third-order valence-electron chi connectivity index (χ3n) is 1.76. The van der Waals surface area contributed by atoms with Crippen LogP contribution in [0.25, 0.3) is 0 Å². The molecule has 0 radical (unpaired) electrons. The van der Waals surface area contributed by atoms with Crippen molar-refractivity contribution in [2.45, 2.75) is 19.9 Å². The maximum absolute atomic E-state index is 12.2. The molecule has 0 aromatic carbocycles. The van der Waals surface area contributed by atoms with Crippen molar-refractivity contribution in [3.05, 3.63) is 11.9 Å². The lowest BCUT2D eigenvalue weighted by molar-refractivity contribution is 0.0663. The molecule has 0 saturated heterocycles. The highest BCUT2D eigenvalue weighted by Gasteiger charge is 2.26. The highest BCUT2D eigenvalue weighted by atomic mass is 19.3. The normalized spacial score (nSPS) is 10.6. The number of alkyl halides is 2. The third-order valence-corrected chi connectivity index (χ3v) is 1.76. The van der Waals surface area contributed by atoms with E-state index in [1.54, 1.807) is 6.92 Å². The molecule has 0 fully saturated rings. The number of rotatable bonds is 4. The molecule has 0 amide bonds. The molecule has 0 saturated carbocycles. The zero-order valence-corrected chi connectivity index (χ0v) is 7.83. The van der Waals surface area contributed by atoms with E-state index in [1.165, 1.54) is 18.0 Å². The first-order valence-corrected chi connectivity index (χ1v) is 4.04. The average Bonchev–Trinajstić information content (AvgIpc) is 2.58. The molecule has 14 heavy (non-hydrogen) atoms. The zero-order chi connectivity index (χ0) is 10.7. The lowest BCUT2D eigenvalue weighted by Gasteiger charge is -2.04. The van der Waals surface area contributed by atoms with Crippen molar-refractivity contribution in [3.8, 4) is 5.75 Å². The smallest absolute Gasteiger partial charge is 0.302 e. The highest BCUT2D eigenvalue weighted by molar-refractivity contribution is 5.99. The first-order valence-electron chi connectivity index (χ1n) is 4.04. The Morgan fingerprint density at radius 3 is 2.79 bits per heavy atom. The molecule has 6 heteroatoms. The largest absolute Gasteiger partial charge is 0.493 e. The first-order chi connectivity index (χ1) is 6.61. The van der Waals surface area contributed by atoms with Gasteiger partial charge in [-0.05, 0) is 6.92 Å². The second-order valence-corrected chi connectivity index (χ2v) is 2.54. The lowest BCUT2D eigenvalue weighted by atomic mass is 10.2. The molecule has 4 nitrogen and oxygen atoms in total. The number of halogens is 2. The average molecular weight is 204 g/mol. The maximum atomic E-state index is 12.2. The second-order valence-electron chi connectivity index (χ2n) is 2.54. The Morgan fingerprint density at radius 1 is 1.71 bits per heavy atom. The van der Waals surface area contributed by atoms with Crippen molar-refractivity contribution in [1.29, 1.82) is 0 Å². The van der Waals surface area contributed by atoms with Crippen LogP contribution >= 0.6 is 0 Å². The number of ether oxygens (including phenoxy) is 1. The Hall–Kier alpha value is -1.46. The molecule has 0 spiro atoms. The second kappa shape index (κ2) is 4.17. The molecule has 0 unspecified atom stereocenters. The van der Waals surface area contributed by atoms with Crippen LogP contribution in [-0.4, -0.2) is 29.1 Å². The van der Waals surface area contributed by atoms with Gasteiger partial charge < -0.3 is 4.74 Å². The van der Waals surface area contributed by atoms with Crippen molar-refractivity contribution in [2.24, 2.45) is 0 Å². The van der Waals surface area contributed by atoms with E-state index in [0.717, 1.165) is 0 Å². The van der Waals surface area contributed by atoms with Crippen LogP contribution in [0.1, 0.15) is 17.4 Å². The molecule has 1 rings (SSSR count). The fourth-order valence-electron chi connectivity index (χ4n) is 1.11. The van der Waals surface area contributed by atoms with Gasteiger partial charge in [-0.2, -0.15) is 5.10 Å². The van der Waals surface area contributed by atoms with E-state index in [0.29, 0.717) is 6.54 Å². The molecule has 1 aromatic heterocycles. The number of methoxy groups -OCH3 is 1. The van der Waals surface area contributed by atoms with E-state index >= 15 is 0 Å². The number of ketones is 1. The molecule has 0 atom stereocenters. The molecule has 0 aliphatic heterocycles. The van der Waals surface area contributed by atoms with Gasteiger partial charge in [0.1, 0.15) is 0 Å². The summed E-state index contributed by atoms with van der Waals surface area (Å²) in [5, 5.41) is 3.75. The van der Waals surface area contributed by atoms with Crippen LogP contribution in [0.15, 0.2) is 6.20 Å². The number of nitrogens with zero attached hydrogens (tertiary/aromatic N) is 2. The van der Waals surface area contributed by atoms with Crippen molar-refractivity contribution in [2.75, 3.05) is 7.11 Å². The first kappa shape index (κ1) is 10.6. The summed E-state index contributed by atoms with van der Waals surface area (Å²) in [5.74, 6) is -1.18. The molecule has 1 heterocycles. The van der Waals surface area contributed by atoms with Crippen LogP contribution < -0.4 is 4.74 Å². The minimum Gasteiger partial charge on any atom is -0.493 e. The van der Waals surface area contributed by atoms with E-state index in [-0.39, 0.29) is 11.4 Å². The topological polar surface area (TPSA) is 44.1 Å². The standard InChI is InChI=1S/C8H10F2N2O2/c1-3-12-6(7(13)8(9)10)5(14-2)4-11-12/h4,8H,3H2,1-2H3. The number of Topliss-reactive ketones (excluding diaryl/α,β-unsaturated/α-hetero) is 1. The highest BCUT2D eigenvalue weighted by Crippen LogP contribution is 2.20. The minimum absolute atomic E-state index is 0.0807. The predicted molar refractivity (Wildman–Crippen MR) is 44.8 cm³/mol. The Kier molecular flexibility index (Phi) is 3.16. The zero-order valence-electron chi connectivity index (χ0n) is 7.83. The Morgan fingerprint density at radius 2 is 2.36 bits per heavy atom. The number of aromatic nitrogens is 2. The van der Waals surface area contributed by atoms with Crippen LogP contribution in [0.5, 0.6) is 5.75 Å². The summed E-state index contributed by atoms with van der Waals surface area (Å²) in [4.78, 5) is 11.1. The molecule has 0 aliphatic carbocycles. The van der Waals surface area contributed by atoms with Gasteiger partial charge in [0, 0.05) is 6.54 Å². The van der Waals surface area contributed by atoms with E-state index in [4.69, 9.17) is 4.74 Å². The molecule has 0 aliphatic rings. The molecule has 1 aromatic rings. The summed E-state index contributed by atoms with van der Waals surface area (Å²) < 4.78 is 30.3. The van der Waals surface area contributed by atoms with Crippen LogP contribution in [0.4, 0.5) is 8.78 Å². The van der Waals surface area contributed by atoms with E-state index in [2.05, 4.69) is 5.10 Å². The quantitative estimate of drug-likeness (QED) is 0.695. The van der Waals surface area contributed by atoms with Gasteiger partial charge in [0.05, 0.1) is 13.3 Å². The van der Waals surface area contributed by atoms with E-state index < -0.39 is 12.2 Å². The Labute approximate surface area is 79.5 Å². The minimum atomic E-state index is -3.04. The molecule has 0 N–H and O–H groups in total. The van der Waals surface area contributed by atoms with E-state index in [1.807, 2.05) is 0 Å². The van der Waals surface area contributed by atoms with Gasteiger partial charge in [0.15, 0.2) is 11.4 Å². The molecular weight excluding hydrogens is 194 g/mol. The van der Waals surface area contributed by atoms with Crippen LogP contribution in [0.3, 0.4) is 0 Å². The van der Waals surface area contributed by atoms with Gasteiger partial charge in [0.2, 0.25) is 0 Å². The number of hydrogen-bond acceptors (Lipinski definition) is 3. The van der Waals surface area contributed by atoms with Gasteiger partial charge >= 0.3 is 6.43 Å². The Bertz CT molecular complexity index is 315. The fraction of sp³-hybridized carbons (Fsp3) is 0.500. The third kappa shape index (κ3) is 1.73. The number of carbonyl (C=O) groups is 1. The van der Waals surface area contributed by atoms with Gasteiger partial charge in [0.25, 0.3) is 5.78 Å². The van der Waals surface area contributed by atoms with Crippen LogP contribution in [0.2, 0.25) is 0 Å². The number of aryl methyl sites for hydroxylation is 1. The SMILES string of the molecule is CCn1ncc(OC)c1C(=O)C(F)F. The molecule has 78 valence electrons. The van der Waals surface area contributed by atoms with Gasteiger partial charge in [-0.3, -0.25) is 9.48 Å². The van der Waals surface area contributed by atoms with Crippen molar-refractivity contribution < 1.29 is 18.3 Å². The molecular formula is C8H10F2N2O2. The molecule has 0 bridgehead atoms. The summed E-state index contributed by atoms with van der Waals surface area (Å²) in [5.41, 5.74) is -0.176. The number of carbonyl (C=O) groups excluding carboxylic acids is 1. The van der Waals surface area contributed by atoms with Crippen molar-refractivity contribution in [3.63, 3.8) is 0 Å². The predicted octanol–water partition coefficient (Wildman–Crippen LogP) is 1.36. The summed E-state index contributed by atoms with van der Waals surface area (Å²) in [6.45, 7) is 2.05. The summed E-state index contributed by atoms with van der Waals surface area (Å²) in [7, 11) is 1.30. The maximum Gasteiger partial charge on any atom is 0.302 e. The van der Waals surface area contributed by atoms with Crippen molar-refractivity contribution in [1.82, 2.24) is 9.78 Å². The van der Waals surface area contributed by atoms with Crippen molar-refractivity contribution >= 4 is 5.78 Å². The summed E-state index contributed by atoms with van der Waals surface area (Å²) in [6.07, 6.45) is -1.79. The Balaban J connectivity index is 3.14. The lowest BCUT2D eigenvalue weighted by Crippen LogP contribution is -2.17. The van der Waals surface area contributed by atoms with E-state index in [9.17, 15) is 13.6 Å². The van der Waals surface area contributed by atoms with Gasteiger partial charge in [-0.25, -0.2) is 8.78 Å². The van der Waals surface area contributed by atoms with Crippen LogP contribution in [0, 0.1) is 0 Å².